The van der Waals surface area contributed by atoms with Crippen molar-refractivity contribution < 1.29 is 9.63 Å². The van der Waals surface area contributed by atoms with Crippen molar-refractivity contribution in [1.29, 1.82) is 0 Å². The van der Waals surface area contributed by atoms with E-state index in [-0.39, 0.29) is 16.9 Å². The molecule has 7 atom stereocenters. The lowest BCUT2D eigenvalue weighted by Crippen LogP contribution is -2.58. The van der Waals surface area contributed by atoms with Gasteiger partial charge in [0.15, 0.2) is 0 Å². The molecule has 0 amide bonds. The van der Waals surface area contributed by atoms with E-state index in [9.17, 15) is 4.79 Å². The molecule has 0 radical (unpaired) electrons. The second kappa shape index (κ2) is 6.80. The Labute approximate surface area is 176 Å². The van der Waals surface area contributed by atoms with E-state index in [1.165, 1.54) is 31.4 Å². The standard InChI is InChI=1S/C25H40N2O2/c1-23(2)20-7-5-17-18-6-8-22(28)25(18,4)12-9-19(17)24(20,3)13-10-21(23)27-29-16-11-14-26-15-16/h16-20,26H,5-15H2,1-4H3/t16-,17+,18+,19+,20+,24-,25+/m1/s1. The van der Waals surface area contributed by atoms with Crippen LogP contribution < -0.4 is 5.32 Å². The predicted octanol–water partition coefficient (Wildman–Crippen LogP) is 4.97. The van der Waals surface area contributed by atoms with Gasteiger partial charge in [0.1, 0.15) is 11.9 Å². The number of nitrogens with zero attached hydrogens (tertiary/aromatic N) is 1. The summed E-state index contributed by atoms with van der Waals surface area (Å²) in [7, 11) is 0. The van der Waals surface area contributed by atoms with E-state index in [1.54, 1.807) is 0 Å². The third kappa shape index (κ3) is 2.87. The zero-order valence-corrected chi connectivity index (χ0v) is 18.9. The topological polar surface area (TPSA) is 50.7 Å². The van der Waals surface area contributed by atoms with E-state index < -0.39 is 0 Å². The zero-order valence-electron chi connectivity index (χ0n) is 18.9. The Balaban J connectivity index is 1.38. The van der Waals surface area contributed by atoms with Gasteiger partial charge in [-0.15, -0.1) is 0 Å². The van der Waals surface area contributed by atoms with Crippen LogP contribution in [-0.4, -0.2) is 30.7 Å². The Kier molecular flexibility index (Phi) is 4.70. The molecule has 4 nitrogen and oxygen atoms in total. The third-order valence-electron chi connectivity index (χ3n) is 10.4. The molecule has 1 heterocycles. The van der Waals surface area contributed by atoms with Crippen LogP contribution in [0.25, 0.3) is 0 Å². The van der Waals surface area contributed by atoms with Gasteiger partial charge >= 0.3 is 0 Å². The molecule has 5 fully saturated rings. The lowest BCUT2D eigenvalue weighted by atomic mass is 9.41. The quantitative estimate of drug-likeness (QED) is 0.666. The molecular weight excluding hydrogens is 360 g/mol. The molecule has 1 N–H and O–H groups in total. The van der Waals surface area contributed by atoms with Crippen LogP contribution in [0.3, 0.4) is 0 Å². The Bertz CT molecular complexity index is 710. The molecule has 29 heavy (non-hydrogen) atoms. The number of rotatable bonds is 2. The van der Waals surface area contributed by atoms with Crippen molar-refractivity contribution in [1.82, 2.24) is 5.32 Å². The normalized spacial score (nSPS) is 50.1. The molecule has 4 saturated carbocycles. The second-order valence-corrected chi connectivity index (χ2v) is 11.9. The van der Waals surface area contributed by atoms with Gasteiger partial charge in [-0.3, -0.25) is 4.79 Å². The molecular formula is C25H40N2O2. The Morgan fingerprint density at radius 3 is 2.55 bits per heavy atom. The maximum Gasteiger partial charge on any atom is 0.141 e. The molecule has 0 bridgehead atoms. The first-order valence-corrected chi connectivity index (χ1v) is 12.2. The number of fused-ring (bicyclic) bond motifs is 5. The highest BCUT2D eigenvalue weighted by Gasteiger charge is 2.62. The Hall–Kier alpha value is -0.900. The fourth-order valence-corrected chi connectivity index (χ4v) is 8.70. The summed E-state index contributed by atoms with van der Waals surface area (Å²) in [5.74, 6) is 3.42. The second-order valence-electron chi connectivity index (χ2n) is 11.9. The summed E-state index contributed by atoms with van der Waals surface area (Å²) in [6.45, 7) is 11.7. The van der Waals surface area contributed by atoms with Crippen LogP contribution >= 0.6 is 0 Å². The highest BCUT2D eigenvalue weighted by Crippen LogP contribution is 2.67. The van der Waals surface area contributed by atoms with Crippen LogP contribution in [0.4, 0.5) is 0 Å². The van der Waals surface area contributed by atoms with Gasteiger partial charge in [0, 0.05) is 30.2 Å². The average molecular weight is 401 g/mol. The molecule has 4 heteroatoms. The van der Waals surface area contributed by atoms with Crippen LogP contribution in [0.5, 0.6) is 0 Å². The zero-order chi connectivity index (χ0) is 20.4. The first-order valence-electron chi connectivity index (χ1n) is 12.2. The molecule has 0 aromatic carbocycles. The minimum absolute atomic E-state index is 0.00960. The minimum atomic E-state index is -0.00960. The number of Topliss-reactive ketones (excluding diaryl/α,β-unsaturated/α-hetero) is 1. The molecule has 5 rings (SSSR count). The minimum Gasteiger partial charge on any atom is -0.391 e. The summed E-state index contributed by atoms with van der Waals surface area (Å²) in [4.78, 5) is 18.6. The van der Waals surface area contributed by atoms with Gasteiger partial charge in [0.05, 0.1) is 5.71 Å². The van der Waals surface area contributed by atoms with Crippen molar-refractivity contribution in [3.05, 3.63) is 0 Å². The maximum absolute atomic E-state index is 12.7. The van der Waals surface area contributed by atoms with Gasteiger partial charge in [-0.25, -0.2) is 0 Å². The number of hydrogen-bond acceptors (Lipinski definition) is 4. The van der Waals surface area contributed by atoms with E-state index in [4.69, 9.17) is 9.99 Å². The van der Waals surface area contributed by atoms with E-state index in [0.717, 1.165) is 57.0 Å². The predicted molar refractivity (Wildman–Crippen MR) is 116 cm³/mol. The van der Waals surface area contributed by atoms with Gasteiger partial charge in [-0.2, -0.15) is 0 Å². The molecule has 0 spiro atoms. The molecule has 1 aliphatic heterocycles. The lowest BCUT2D eigenvalue weighted by Gasteiger charge is -2.63. The Morgan fingerprint density at radius 2 is 1.79 bits per heavy atom. The first kappa shape index (κ1) is 20.0. The fourth-order valence-electron chi connectivity index (χ4n) is 8.70. The molecule has 0 unspecified atom stereocenters. The monoisotopic (exact) mass is 400 g/mol. The lowest BCUT2D eigenvalue weighted by molar-refractivity contribution is -0.141. The summed E-state index contributed by atoms with van der Waals surface area (Å²) in [5, 5.41) is 8.12. The summed E-state index contributed by atoms with van der Waals surface area (Å²) < 4.78 is 0. The van der Waals surface area contributed by atoms with E-state index >= 15 is 0 Å². The average Bonchev–Trinajstić information content (AvgIpc) is 3.29. The molecule has 4 aliphatic carbocycles. The molecule has 0 aromatic heterocycles. The molecule has 0 aromatic rings. The van der Waals surface area contributed by atoms with Crippen molar-refractivity contribution in [2.75, 3.05) is 13.1 Å². The van der Waals surface area contributed by atoms with Crippen molar-refractivity contribution >= 4 is 11.5 Å². The number of carbonyl (C=O) groups is 1. The molecule has 5 aliphatic rings. The largest absolute Gasteiger partial charge is 0.391 e. The third-order valence-corrected chi connectivity index (χ3v) is 10.4. The number of oxime groups is 1. The van der Waals surface area contributed by atoms with E-state index in [2.05, 4.69) is 33.0 Å². The summed E-state index contributed by atoms with van der Waals surface area (Å²) >= 11 is 0. The number of carbonyl (C=O) groups excluding carboxylic acids is 1. The highest BCUT2D eigenvalue weighted by molar-refractivity contribution is 5.90. The fraction of sp³-hybridized carbons (Fsp3) is 0.920. The van der Waals surface area contributed by atoms with Crippen LogP contribution in [-0.2, 0) is 9.63 Å². The van der Waals surface area contributed by atoms with Gasteiger partial charge in [-0.05, 0) is 80.6 Å². The molecule has 1 saturated heterocycles. The van der Waals surface area contributed by atoms with Crippen LogP contribution in [0.15, 0.2) is 5.16 Å². The molecule has 162 valence electrons. The summed E-state index contributed by atoms with van der Waals surface area (Å²) in [6, 6.07) is 0. The van der Waals surface area contributed by atoms with Crippen LogP contribution in [0, 0.1) is 39.9 Å². The summed E-state index contributed by atoms with van der Waals surface area (Å²) in [6.07, 6.45) is 10.6. The number of ketones is 1. The van der Waals surface area contributed by atoms with Gasteiger partial charge in [-0.1, -0.05) is 32.9 Å². The number of hydrogen-bond donors (Lipinski definition) is 1. The highest BCUT2D eigenvalue weighted by atomic mass is 16.6. The van der Waals surface area contributed by atoms with Gasteiger partial charge in [0.25, 0.3) is 0 Å². The van der Waals surface area contributed by atoms with Gasteiger partial charge in [0.2, 0.25) is 0 Å². The smallest absolute Gasteiger partial charge is 0.141 e. The van der Waals surface area contributed by atoms with Crippen molar-refractivity contribution in [2.24, 2.45) is 45.1 Å². The first-order chi connectivity index (χ1) is 13.8. The Morgan fingerprint density at radius 1 is 0.966 bits per heavy atom. The van der Waals surface area contributed by atoms with Crippen molar-refractivity contribution in [2.45, 2.75) is 91.6 Å². The van der Waals surface area contributed by atoms with Crippen molar-refractivity contribution in [3.63, 3.8) is 0 Å². The maximum atomic E-state index is 12.7. The van der Waals surface area contributed by atoms with Gasteiger partial charge < -0.3 is 10.2 Å². The van der Waals surface area contributed by atoms with Crippen molar-refractivity contribution in [3.8, 4) is 0 Å². The number of nitrogens with one attached hydrogen (secondary N) is 1. The SMILES string of the molecule is CC1(C)C(=NO[C@@H]2CCNC2)CC[C@]2(C)[C@H]3CC[C@]4(C)C(=O)CC[C@H]4[C@@H]3CC[C@@H]12. The van der Waals surface area contributed by atoms with E-state index in [0.29, 0.717) is 23.0 Å². The van der Waals surface area contributed by atoms with Crippen LogP contribution in [0.1, 0.15) is 85.5 Å². The van der Waals surface area contributed by atoms with E-state index in [1.807, 2.05) is 0 Å². The van der Waals surface area contributed by atoms with Crippen LogP contribution in [0.2, 0.25) is 0 Å². The summed E-state index contributed by atoms with van der Waals surface area (Å²) in [5.41, 5.74) is 1.77.